The van der Waals surface area contributed by atoms with Crippen LogP contribution in [0.3, 0.4) is 0 Å². The monoisotopic (exact) mass is 312 g/mol. The zero-order chi connectivity index (χ0) is 16.6. The molecule has 23 heavy (non-hydrogen) atoms. The first-order valence-electron chi connectivity index (χ1n) is 8.45. The van der Waals surface area contributed by atoms with E-state index in [0.29, 0.717) is 12.1 Å². The normalized spacial score (nSPS) is 18.4. The minimum absolute atomic E-state index is 0.204. The molecule has 122 valence electrons. The smallest absolute Gasteiger partial charge is 0.295 e. The molecule has 0 aliphatic carbocycles. The van der Waals surface area contributed by atoms with E-state index in [1.54, 1.807) is 4.90 Å². The van der Waals surface area contributed by atoms with Crippen LogP contribution in [0.2, 0.25) is 0 Å². The Kier molecular flexibility index (Phi) is 4.24. The maximum absolute atomic E-state index is 12.9. The molecule has 1 aliphatic heterocycles. The molecule has 4 nitrogen and oxygen atoms in total. The molecule has 1 aromatic heterocycles. The topological polar surface area (TPSA) is 42.3 Å². The molecule has 1 saturated heterocycles. The van der Waals surface area contributed by atoms with Crippen molar-refractivity contribution in [3.63, 3.8) is 0 Å². The Balaban J connectivity index is 2.00. The number of piperidine rings is 1. The lowest BCUT2D eigenvalue weighted by atomic mass is 9.98. The van der Waals surface area contributed by atoms with Crippen LogP contribution >= 0.6 is 0 Å². The molecule has 0 radical (unpaired) electrons. The summed E-state index contributed by atoms with van der Waals surface area (Å²) in [5, 5.41) is 0.871. The van der Waals surface area contributed by atoms with E-state index < -0.39 is 0 Å². The summed E-state index contributed by atoms with van der Waals surface area (Å²) in [4.78, 5) is 27.6. The molecule has 0 bridgehead atoms. The number of carbonyl (C=O) groups excluding carboxylic acids is 2. The second-order valence-corrected chi connectivity index (χ2v) is 6.42. The number of ketones is 1. The molecule has 3 rings (SSSR count). The van der Waals surface area contributed by atoms with Gasteiger partial charge in [-0.05, 0) is 38.7 Å². The van der Waals surface area contributed by atoms with Crippen molar-refractivity contribution in [2.75, 3.05) is 6.54 Å². The highest BCUT2D eigenvalue weighted by molar-refractivity contribution is 6.45. The van der Waals surface area contributed by atoms with Crippen molar-refractivity contribution in [3.8, 4) is 0 Å². The van der Waals surface area contributed by atoms with E-state index in [1.165, 1.54) is 0 Å². The summed E-state index contributed by atoms with van der Waals surface area (Å²) >= 11 is 0. The molecular formula is C19H24N2O2. The third kappa shape index (κ3) is 2.56. The van der Waals surface area contributed by atoms with Crippen LogP contribution in [0.1, 0.15) is 48.7 Å². The second-order valence-electron chi connectivity index (χ2n) is 6.42. The van der Waals surface area contributed by atoms with Crippen LogP contribution in [0.5, 0.6) is 0 Å². The molecule has 4 heteroatoms. The number of benzene rings is 1. The highest BCUT2D eigenvalue weighted by atomic mass is 16.2. The van der Waals surface area contributed by atoms with Gasteiger partial charge < -0.3 is 9.47 Å². The van der Waals surface area contributed by atoms with E-state index in [9.17, 15) is 9.59 Å². The molecule has 0 saturated carbocycles. The van der Waals surface area contributed by atoms with Crippen molar-refractivity contribution in [1.29, 1.82) is 0 Å². The third-order valence-corrected chi connectivity index (χ3v) is 5.18. The summed E-state index contributed by atoms with van der Waals surface area (Å²) < 4.78 is 1.99. The summed E-state index contributed by atoms with van der Waals surface area (Å²) in [7, 11) is 1.94. The Morgan fingerprint density at radius 3 is 2.70 bits per heavy atom. The summed E-state index contributed by atoms with van der Waals surface area (Å²) in [5.74, 6) is -0.698. The Hall–Kier alpha value is -2.10. The van der Waals surface area contributed by atoms with E-state index in [-0.39, 0.29) is 17.7 Å². The number of aryl methyl sites for hydroxylation is 1. The summed E-state index contributed by atoms with van der Waals surface area (Å²) in [6.07, 6.45) is 4.05. The van der Waals surface area contributed by atoms with Crippen molar-refractivity contribution >= 4 is 22.6 Å². The Labute approximate surface area is 137 Å². The lowest BCUT2D eigenvalue weighted by molar-refractivity contribution is -0.130. The van der Waals surface area contributed by atoms with Gasteiger partial charge in [0.05, 0.1) is 5.56 Å². The number of para-hydroxylation sites is 1. The number of hydrogen-bond donors (Lipinski definition) is 0. The Morgan fingerprint density at radius 1 is 1.22 bits per heavy atom. The fraction of sp³-hybridized carbons (Fsp3) is 0.474. The van der Waals surface area contributed by atoms with E-state index >= 15 is 0 Å². The summed E-state index contributed by atoms with van der Waals surface area (Å²) in [6, 6.07) is 7.99. The number of fused-ring (bicyclic) bond motifs is 1. The van der Waals surface area contributed by atoms with Crippen LogP contribution in [0, 0.1) is 6.92 Å². The van der Waals surface area contributed by atoms with Gasteiger partial charge in [-0.1, -0.05) is 25.1 Å². The minimum atomic E-state index is -0.361. The number of rotatable bonds is 3. The zero-order valence-electron chi connectivity index (χ0n) is 14.1. The van der Waals surface area contributed by atoms with Crippen molar-refractivity contribution < 1.29 is 9.59 Å². The molecule has 1 aromatic carbocycles. The minimum Gasteiger partial charge on any atom is -0.347 e. The average Bonchev–Trinajstić information content (AvgIpc) is 2.85. The van der Waals surface area contributed by atoms with Crippen LogP contribution < -0.4 is 0 Å². The van der Waals surface area contributed by atoms with E-state index in [2.05, 4.69) is 6.92 Å². The number of likely N-dealkylation sites (tertiary alicyclic amines) is 1. The first-order valence-corrected chi connectivity index (χ1v) is 8.45. The van der Waals surface area contributed by atoms with E-state index in [0.717, 1.165) is 42.3 Å². The molecular weight excluding hydrogens is 288 g/mol. The molecule has 1 fully saturated rings. The van der Waals surface area contributed by atoms with Crippen LogP contribution in [-0.4, -0.2) is 33.7 Å². The SMILES string of the molecule is CCC1CCCCN1C(=O)C(=O)c1c(C)n(C)c2ccccc12. The number of Topliss-reactive ketones (excluding diaryl/α,β-unsaturated/α-hetero) is 1. The summed E-state index contributed by atoms with van der Waals surface area (Å²) in [6.45, 7) is 4.70. The highest BCUT2D eigenvalue weighted by Gasteiger charge is 2.32. The number of amides is 1. The number of nitrogens with zero attached hydrogens (tertiary/aromatic N) is 2. The van der Waals surface area contributed by atoms with Crippen molar-refractivity contribution in [3.05, 3.63) is 35.5 Å². The van der Waals surface area contributed by atoms with Gasteiger partial charge in [0.1, 0.15) is 0 Å². The zero-order valence-corrected chi connectivity index (χ0v) is 14.1. The van der Waals surface area contributed by atoms with Crippen LogP contribution in [0.4, 0.5) is 0 Å². The van der Waals surface area contributed by atoms with E-state index in [1.807, 2.05) is 42.8 Å². The quantitative estimate of drug-likeness (QED) is 0.643. The van der Waals surface area contributed by atoms with Crippen molar-refractivity contribution in [2.24, 2.45) is 7.05 Å². The molecule has 2 heterocycles. The first kappa shape index (κ1) is 15.8. The van der Waals surface area contributed by atoms with Gasteiger partial charge in [0.15, 0.2) is 0 Å². The van der Waals surface area contributed by atoms with Gasteiger partial charge in [0.25, 0.3) is 11.7 Å². The second kappa shape index (κ2) is 6.19. The largest absolute Gasteiger partial charge is 0.347 e. The van der Waals surface area contributed by atoms with Crippen LogP contribution in [-0.2, 0) is 11.8 Å². The molecule has 0 N–H and O–H groups in total. The van der Waals surface area contributed by atoms with Gasteiger partial charge in [-0.3, -0.25) is 9.59 Å². The molecule has 1 unspecified atom stereocenters. The van der Waals surface area contributed by atoms with Crippen molar-refractivity contribution in [2.45, 2.75) is 45.6 Å². The van der Waals surface area contributed by atoms with Crippen LogP contribution in [0.25, 0.3) is 10.9 Å². The number of carbonyl (C=O) groups is 2. The molecule has 2 aromatic rings. The maximum Gasteiger partial charge on any atom is 0.295 e. The fourth-order valence-corrected chi connectivity index (χ4v) is 3.74. The predicted octanol–water partition coefficient (Wildman–Crippen LogP) is 3.46. The number of aromatic nitrogens is 1. The lowest BCUT2D eigenvalue weighted by Crippen LogP contribution is -2.46. The van der Waals surface area contributed by atoms with Gasteiger partial charge in [-0.15, -0.1) is 0 Å². The van der Waals surface area contributed by atoms with Gasteiger partial charge in [-0.2, -0.15) is 0 Å². The summed E-state index contributed by atoms with van der Waals surface area (Å²) in [5.41, 5.74) is 2.41. The standard InChI is InChI=1S/C19H24N2O2/c1-4-14-9-7-8-12-21(14)19(23)18(22)17-13(2)20(3)16-11-6-5-10-15(16)17/h5-6,10-11,14H,4,7-9,12H2,1-3H3. The molecule has 0 spiro atoms. The fourth-order valence-electron chi connectivity index (χ4n) is 3.74. The lowest BCUT2D eigenvalue weighted by Gasteiger charge is -2.34. The van der Waals surface area contributed by atoms with Crippen LogP contribution in [0.15, 0.2) is 24.3 Å². The van der Waals surface area contributed by atoms with Gasteiger partial charge in [0.2, 0.25) is 0 Å². The van der Waals surface area contributed by atoms with Crippen molar-refractivity contribution in [1.82, 2.24) is 9.47 Å². The maximum atomic E-state index is 12.9. The highest BCUT2D eigenvalue weighted by Crippen LogP contribution is 2.27. The Bertz CT molecular complexity index is 760. The number of hydrogen-bond acceptors (Lipinski definition) is 2. The first-order chi connectivity index (χ1) is 11.1. The Morgan fingerprint density at radius 2 is 1.96 bits per heavy atom. The van der Waals surface area contributed by atoms with E-state index in [4.69, 9.17) is 0 Å². The molecule has 1 aliphatic rings. The van der Waals surface area contributed by atoms with Gasteiger partial charge >= 0.3 is 0 Å². The third-order valence-electron chi connectivity index (χ3n) is 5.18. The predicted molar refractivity (Wildman–Crippen MR) is 91.6 cm³/mol. The van der Waals surface area contributed by atoms with Gasteiger partial charge in [0, 0.05) is 36.2 Å². The molecule has 1 atom stereocenters. The van der Waals surface area contributed by atoms with Gasteiger partial charge in [-0.25, -0.2) is 0 Å². The molecule has 1 amide bonds. The average molecular weight is 312 g/mol.